The Morgan fingerprint density at radius 2 is 1.86 bits per heavy atom. The van der Waals surface area contributed by atoms with Gasteiger partial charge < -0.3 is 15.7 Å². The van der Waals surface area contributed by atoms with Gasteiger partial charge in [-0.2, -0.15) is 5.10 Å². The minimum Gasteiger partial charge on any atom is -0.493 e. The van der Waals surface area contributed by atoms with E-state index in [1.807, 2.05) is 49.3 Å². The smallest absolute Gasteiger partial charge is 0.215 e. The topological polar surface area (TPSA) is 96.7 Å². The third-order valence-corrected chi connectivity index (χ3v) is 5.18. The minimum absolute atomic E-state index is 0.0625. The van der Waals surface area contributed by atoms with E-state index >= 15 is 0 Å². The van der Waals surface area contributed by atoms with Crippen molar-refractivity contribution in [2.75, 3.05) is 33.7 Å². The van der Waals surface area contributed by atoms with Crippen LogP contribution in [0.4, 0.5) is 0 Å². The zero-order valence-electron chi connectivity index (χ0n) is 16.7. The van der Waals surface area contributed by atoms with Crippen LogP contribution in [0.3, 0.4) is 0 Å². The van der Waals surface area contributed by atoms with Crippen molar-refractivity contribution >= 4 is 32.4 Å². The second-order valence-corrected chi connectivity index (χ2v) is 7.48. The van der Waals surface area contributed by atoms with Gasteiger partial charge in [-0.3, -0.25) is 9.79 Å². The molecule has 4 aromatic rings. The quantitative estimate of drug-likeness (QED) is 0.296. The lowest BCUT2D eigenvalue weighted by Gasteiger charge is -2.16. The van der Waals surface area contributed by atoms with E-state index in [2.05, 4.69) is 4.99 Å². The molecule has 7 nitrogen and oxygen atoms in total. The lowest BCUT2D eigenvalue weighted by Crippen LogP contribution is -2.21. The number of likely N-dealkylation sites (N-methyl/N-ethyl adjacent to an activating group) is 1. The summed E-state index contributed by atoms with van der Waals surface area (Å²) in [4.78, 5) is 20.0. The van der Waals surface area contributed by atoms with Gasteiger partial charge in [0.2, 0.25) is 5.88 Å². The van der Waals surface area contributed by atoms with Crippen molar-refractivity contribution < 1.29 is 5.11 Å². The maximum atomic E-state index is 13.4. The first-order valence-electron chi connectivity index (χ1n) is 9.79. The van der Waals surface area contributed by atoms with Crippen molar-refractivity contribution in [1.29, 1.82) is 0 Å². The Labute approximate surface area is 168 Å². The van der Waals surface area contributed by atoms with E-state index < -0.39 is 0 Å². The number of hydrogen-bond donors (Lipinski definition) is 2. The number of aromatic hydroxyl groups is 1. The molecule has 0 saturated carbocycles. The molecule has 0 aliphatic heterocycles. The molecule has 4 rings (SSSR count). The Morgan fingerprint density at radius 1 is 1.10 bits per heavy atom. The van der Waals surface area contributed by atoms with Crippen LogP contribution in [-0.4, -0.2) is 53.5 Å². The molecule has 0 spiro atoms. The van der Waals surface area contributed by atoms with E-state index in [-0.39, 0.29) is 11.3 Å². The molecule has 29 heavy (non-hydrogen) atoms. The number of hydrogen-bond acceptors (Lipinski definition) is 6. The summed E-state index contributed by atoms with van der Waals surface area (Å²) in [5.74, 6) is 0.0625. The number of fused-ring (bicyclic) bond motifs is 2. The molecular weight excluding hydrogens is 366 g/mol. The van der Waals surface area contributed by atoms with Crippen LogP contribution in [0, 0.1) is 0 Å². The predicted octanol–water partition coefficient (Wildman–Crippen LogP) is 1.66. The first kappa shape index (κ1) is 19.3. The van der Waals surface area contributed by atoms with Crippen molar-refractivity contribution in [1.82, 2.24) is 14.7 Å². The van der Waals surface area contributed by atoms with Crippen LogP contribution < -0.4 is 16.5 Å². The highest BCUT2D eigenvalue weighted by Gasteiger charge is 2.18. The van der Waals surface area contributed by atoms with Gasteiger partial charge in [0, 0.05) is 34.6 Å². The van der Waals surface area contributed by atoms with Crippen LogP contribution in [0.1, 0.15) is 6.42 Å². The van der Waals surface area contributed by atoms with Crippen LogP contribution in [-0.2, 0) is 6.54 Å². The fraction of sp³-hybridized carbons (Fsp3) is 0.318. The summed E-state index contributed by atoms with van der Waals surface area (Å²) in [6.45, 7) is 2.36. The first-order chi connectivity index (χ1) is 14.0. The molecular formula is C22H25N5O2. The van der Waals surface area contributed by atoms with Crippen molar-refractivity contribution in [3.8, 4) is 5.88 Å². The van der Waals surface area contributed by atoms with Crippen LogP contribution >= 0.6 is 0 Å². The zero-order chi connectivity index (χ0) is 20.5. The molecule has 150 valence electrons. The predicted molar refractivity (Wildman–Crippen MR) is 117 cm³/mol. The van der Waals surface area contributed by atoms with E-state index in [0.29, 0.717) is 52.1 Å². The highest BCUT2D eigenvalue weighted by molar-refractivity contribution is 6.20. The van der Waals surface area contributed by atoms with Gasteiger partial charge in [0.15, 0.2) is 5.43 Å². The molecule has 0 atom stereocenters. The molecule has 0 fully saturated rings. The van der Waals surface area contributed by atoms with E-state index in [0.717, 1.165) is 18.4 Å². The second kappa shape index (κ2) is 7.77. The monoisotopic (exact) mass is 391 g/mol. The van der Waals surface area contributed by atoms with Gasteiger partial charge in [0.1, 0.15) is 5.52 Å². The van der Waals surface area contributed by atoms with Crippen LogP contribution in [0.15, 0.2) is 46.2 Å². The number of aromatic nitrogens is 2. The van der Waals surface area contributed by atoms with Gasteiger partial charge >= 0.3 is 0 Å². The Bertz CT molecular complexity index is 1310. The number of benzene rings is 3. The molecule has 0 saturated heterocycles. The molecule has 0 radical (unpaired) electrons. The van der Waals surface area contributed by atoms with Gasteiger partial charge in [-0.25, -0.2) is 4.68 Å². The van der Waals surface area contributed by atoms with E-state index in [4.69, 9.17) is 10.8 Å². The maximum absolute atomic E-state index is 13.4. The SMILES string of the molecule is CN(C)CCn1nc2c3ccccc3c(=O)c3c(=NCCCN)ccc(c1O)c32. The van der Waals surface area contributed by atoms with Crippen molar-refractivity contribution in [2.24, 2.45) is 10.7 Å². The summed E-state index contributed by atoms with van der Waals surface area (Å²) in [5.41, 5.74) is 6.21. The Morgan fingerprint density at radius 3 is 2.59 bits per heavy atom. The Hall–Kier alpha value is -3.03. The summed E-state index contributed by atoms with van der Waals surface area (Å²) in [6.07, 6.45) is 0.748. The fourth-order valence-electron chi connectivity index (χ4n) is 3.69. The van der Waals surface area contributed by atoms with Crippen LogP contribution in [0.5, 0.6) is 5.88 Å². The Balaban J connectivity index is 2.14. The third-order valence-electron chi connectivity index (χ3n) is 5.18. The third kappa shape index (κ3) is 3.32. The van der Waals surface area contributed by atoms with Crippen LogP contribution in [0.2, 0.25) is 0 Å². The van der Waals surface area contributed by atoms with E-state index in [9.17, 15) is 9.90 Å². The normalized spacial score (nSPS) is 12.8. The maximum Gasteiger partial charge on any atom is 0.215 e. The molecule has 0 aliphatic rings. The molecule has 3 aromatic carbocycles. The lowest BCUT2D eigenvalue weighted by atomic mass is 9.98. The largest absolute Gasteiger partial charge is 0.493 e. The van der Waals surface area contributed by atoms with Gasteiger partial charge in [-0.15, -0.1) is 0 Å². The summed E-state index contributed by atoms with van der Waals surface area (Å²) in [6, 6.07) is 11.1. The molecule has 0 aliphatic carbocycles. The van der Waals surface area contributed by atoms with Crippen molar-refractivity contribution in [3.05, 3.63) is 52.0 Å². The molecule has 0 bridgehead atoms. The lowest BCUT2D eigenvalue weighted by molar-refractivity contribution is 0.340. The molecule has 3 N–H and O–H groups in total. The molecule has 0 unspecified atom stereocenters. The van der Waals surface area contributed by atoms with Crippen LogP contribution in [0.25, 0.3) is 32.4 Å². The fourth-order valence-corrected chi connectivity index (χ4v) is 3.69. The Kier molecular flexibility index (Phi) is 5.17. The van der Waals surface area contributed by atoms with E-state index in [1.165, 1.54) is 0 Å². The van der Waals surface area contributed by atoms with Gasteiger partial charge in [-0.1, -0.05) is 24.3 Å². The van der Waals surface area contributed by atoms with Gasteiger partial charge in [0.05, 0.1) is 17.3 Å². The molecule has 1 aromatic heterocycles. The zero-order valence-corrected chi connectivity index (χ0v) is 16.7. The summed E-state index contributed by atoms with van der Waals surface area (Å²) < 4.78 is 1.61. The van der Waals surface area contributed by atoms with Crippen molar-refractivity contribution in [3.63, 3.8) is 0 Å². The number of nitrogens with zero attached hydrogens (tertiary/aromatic N) is 4. The standard InChI is InChI=1S/C22H25N5O2/c1-26(2)12-13-27-22(29)16-8-9-17(24-11-5-10-23)19-18(16)20(25-27)14-6-3-4-7-15(14)21(19)28/h3-4,6-9,29H,5,10-13,23H2,1-2H3. The summed E-state index contributed by atoms with van der Waals surface area (Å²) in [7, 11) is 3.95. The highest BCUT2D eigenvalue weighted by Crippen LogP contribution is 2.32. The average molecular weight is 391 g/mol. The van der Waals surface area contributed by atoms with Gasteiger partial charge in [-0.05, 0) is 39.2 Å². The van der Waals surface area contributed by atoms with E-state index in [1.54, 1.807) is 10.7 Å². The second-order valence-electron chi connectivity index (χ2n) is 7.48. The number of nitrogens with two attached hydrogens (primary N) is 1. The average Bonchev–Trinajstić information content (AvgIpc) is 2.72. The van der Waals surface area contributed by atoms with Gasteiger partial charge in [0.25, 0.3) is 0 Å². The number of rotatable bonds is 6. The summed E-state index contributed by atoms with van der Waals surface area (Å²) >= 11 is 0. The summed E-state index contributed by atoms with van der Waals surface area (Å²) in [5, 5.41) is 19.4. The molecule has 0 amide bonds. The minimum atomic E-state index is -0.0857. The van der Waals surface area contributed by atoms with Crippen molar-refractivity contribution in [2.45, 2.75) is 13.0 Å². The molecule has 1 heterocycles. The highest BCUT2D eigenvalue weighted by atomic mass is 16.3. The molecule has 7 heteroatoms. The first-order valence-corrected chi connectivity index (χ1v) is 9.79.